The van der Waals surface area contributed by atoms with Crippen molar-refractivity contribution in [3.63, 3.8) is 0 Å². The van der Waals surface area contributed by atoms with Gasteiger partial charge >= 0.3 is 5.97 Å². The minimum atomic E-state index is -1.35. The van der Waals surface area contributed by atoms with Crippen molar-refractivity contribution in [1.29, 1.82) is 0 Å². The monoisotopic (exact) mass is 475 g/mol. The van der Waals surface area contributed by atoms with Crippen molar-refractivity contribution >= 4 is 17.1 Å². The van der Waals surface area contributed by atoms with Crippen LogP contribution in [0.4, 0.5) is 0 Å². The maximum absolute atomic E-state index is 12.8. The first-order valence-corrected chi connectivity index (χ1v) is 13.5. The molecule has 1 saturated carbocycles. The number of carboxylic acids is 1. The van der Waals surface area contributed by atoms with Crippen LogP contribution in [0.2, 0.25) is 0 Å². The highest BCUT2D eigenvalue weighted by Crippen LogP contribution is 2.30. The number of benzene rings is 1. The number of rotatable bonds is 12. The first-order chi connectivity index (χ1) is 15.9. The molecule has 1 aliphatic rings. The Kier molecular flexibility index (Phi) is 9.83. The molecule has 3 rings (SSSR count). The van der Waals surface area contributed by atoms with Gasteiger partial charge in [-0.2, -0.15) is 0 Å². The fourth-order valence-electron chi connectivity index (χ4n) is 4.42. The molecule has 1 aromatic heterocycles. The fraction of sp³-hybridized carbons (Fsp3) is 0.615. The number of hydrogen-bond donors (Lipinski definition) is 1. The molecular formula is C26H37NO5S. The van der Waals surface area contributed by atoms with E-state index in [0.717, 1.165) is 62.0 Å². The van der Waals surface area contributed by atoms with Gasteiger partial charge in [-0.25, -0.2) is 9.78 Å². The number of ether oxygens (including phenoxy) is 1. The van der Waals surface area contributed by atoms with E-state index < -0.39 is 22.4 Å². The Morgan fingerprint density at radius 1 is 1.27 bits per heavy atom. The lowest BCUT2D eigenvalue weighted by Crippen LogP contribution is -2.36. The van der Waals surface area contributed by atoms with E-state index in [2.05, 4.69) is 11.9 Å². The quantitative estimate of drug-likeness (QED) is 0.307. The van der Waals surface area contributed by atoms with Gasteiger partial charge in [0, 0.05) is 17.9 Å². The minimum absolute atomic E-state index is 0.0723. The molecule has 0 radical (unpaired) electrons. The minimum Gasteiger partial charge on any atom is -0.616 e. The number of unbranched alkanes of at least 4 members (excludes halogenated alkanes) is 2. The summed E-state index contributed by atoms with van der Waals surface area (Å²) in [6, 6.07) is 8.08. The average Bonchev–Trinajstić information content (AvgIpc) is 3.16. The summed E-state index contributed by atoms with van der Waals surface area (Å²) < 4.78 is 24.8. The average molecular weight is 476 g/mol. The number of carbonyl (C=O) groups is 1. The molecule has 1 heterocycles. The molecule has 2 aromatic rings. The summed E-state index contributed by atoms with van der Waals surface area (Å²) in [5.74, 6) is 1.11. The maximum Gasteiger partial charge on any atom is 0.357 e. The van der Waals surface area contributed by atoms with E-state index >= 15 is 0 Å². The van der Waals surface area contributed by atoms with Crippen molar-refractivity contribution in [3.8, 4) is 11.5 Å². The molecule has 33 heavy (non-hydrogen) atoms. The zero-order valence-corrected chi connectivity index (χ0v) is 20.9. The van der Waals surface area contributed by atoms with Crippen molar-refractivity contribution in [3.05, 3.63) is 41.3 Å². The largest absolute Gasteiger partial charge is 0.616 e. The van der Waals surface area contributed by atoms with Crippen molar-refractivity contribution < 1.29 is 23.6 Å². The van der Waals surface area contributed by atoms with Crippen LogP contribution in [-0.2, 0) is 27.3 Å². The summed E-state index contributed by atoms with van der Waals surface area (Å²) in [7, 11) is 0. The van der Waals surface area contributed by atoms with Gasteiger partial charge in [0.25, 0.3) is 0 Å². The summed E-state index contributed by atoms with van der Waals surface area (Å²) >= 11 is -1.35. The fourth-order valence-corrected chi connectivity index (χ4v) is 6.07. The molecule has 1 aromatic carbocycles. The molecule has 1 N–H and O–H groups in total. The van der Waals surface area contributed by atoms with Crippen LogP contribution in [-0.4, -0.2) is 37.7 Å². The first kappa shape index (κ1) is 25.8. The van der Waals surface area contributed by atoms with Gasteiger partial charge < -0.3 is 18.8 Å². The lowest BCUT2D eigenvalue weighted by atomic mass is 9.88. The van der Waals surface area contributed by atoms with Gasteiger partial charge in [-0.05, 0) is 62.8 Å². The van der Waals surface area contributed by atoms with Crippen LogP contribution >= 0.6 is 0 Å². The number of aryl methyl sites for hydroxylation is 2. The topological polar surface area (TPSA) is 95.6 Å². The first-order valence-electron chi connectivity index (χ1n) is 12.1. The normalized spacial score (nSPS) is 20.5. The molecule has 0 amide bonds. The SMILES string of the molecule is CCCCCC(C(=O)O)[S+]([O-])CC1CCCC(OCc2nc(-c3ccc(C)cc3)oc2C)C1. The molecule has 0 spiro atoms. The van der Waals surface area contributed by atoms with Crippen LogP contribution in [0, 0.1) is 19.8 Å². The summed E-state index contributed by atoms with van der Waals surface area (Å²) in [5.41, 5.74) is 2.94. The van der Waals surface area contributed by atoms with Gasteiger partial charge in [0.15, 0.2) is 0 Å². The molecule has 1 aliphatic carbocycles. The van der Waals surface area contributed by atoms with Crippen LogP contribution in [0.3, 0.4) is 0 Å². The highest BCUT2D eigenvalue weighted by atomic mass is 32.2. The number of aliphatic carboxylic acids is 1. The Balaban J connectivity index is 1.51. The third kappa shape index (κ3) is 7.59. The molecule has 6 nitrogen and oxygen atoms in total. The number of oxazole rings is 1. The summed E-state index contributed by atoms with van der Waals surface area (Å²) in [5, 5.41) is 8.77. The molecule has 1 fully saturated rings. The van der Waals surface area contributed by atoms with E-state index in [1.54, 1.807) is 0 Å². The van der Waals surface area contributed by atoms with E-state index in [1.165, 1.54) is 5.56 Å². The van der Waals surface area contributed by atoms with Gasteiger partial charge in [0.1, 0.15) is 17.2 Å². The molecule has 0 bridgehead atoms. The number of nitrogens with zero attached hydrogens (tertiary/aromatic N) is 1. The number of carboxylic acid groups (broad SMARTS) is 1. The summed E-state index contributed by atoms with van der Waals surface area (Å²) in [6.07, 6.45) is 7.15. The lowest BCUT2D eigenvalue weighted by Gasteiger charge is -2.30. The lowest BCUT2D eigenvalue weighted by molar-refractivity contribution is -0.136. The number of hydrogen-bond acceptors (Lipinski definition) is 5. The second-order valence-corrected chi connectivity index (χ2v) is 10.9. The second kappa shape index (κ2) is 12.6. The second-order valence-electron chi connectivity index (χ2n) is 9.22. The van der Waals surface area contributed by atoms with Gasteiger partial charge in [0.2, 0.25) is 11.1 Å². The molecule has 0 aliphatic heterocycles. The Bertz CT molecular complexity index is 881. The van der Waals surface area contributed by atoms with Gasteiger partial charge in [-0.3, -0.25) is 0 Å². The third-order valence-corrected chi connectivity index (χ3v) is 8.32. The van der Waals surface area contributed by atoms with E-state index in [9.17, 15) is 14.5 Å². The van der Waals surface area contributed by atoms with Gasteiger partial charge in [0.05, 0.1) is 12.7 Å². The molecule has 4 unspecified atom stereocenters. The predicted octanol–water partition coefficient (Wildman–Crippen LogP) is 5.82. The van der Waals surface area contributed by atoms with Gasteiger partial charge in [-0.15, -0.1) is 0 Å². The highest BCUT2D eigenvalue weighted by Gasteiger charge is 2.34. The summed E-state index contributed by atoms with van der Waals surface area (Å²) in [4.78, 5) is 16.3. The molecule has 7 heteroatoms. The maximum atomic E-state index is 12.8. The van der Waals surface area contributed by atoms with Crippen LogP contribution in [0.1, 0.15) is 75.3 Å². The molecular weight excluding hydrogens is 438 g/mol. The van der Waals surface area contributed by atoms with E-state index in [1.807, 2.05) is 38.1 Å². The zero-order chi connectivity index (χ0) is 23.8. The van der Waals surface area contributed by atoms with Gasteiger partial charge in [-0.1, -0.05) is 43.9 Å². The predicted molar refractivity (Wildman–Crippen MR) is 131 cm³/mol. The zero-order valence-electron chi connectivity index (χ0n) is 20.0. The van der Waals surface area contributed by atoms with E-state index in [0.29, 0.717) is 24.7 Å². The van der Waals surface area contributed by atoms with Crippen LogP contribution in [0.25, 0.3) is 11.5 Å². The Labute approximate surface area is 200 Å². The van der Waals surface area contributed by atoms with Crippen molar-refractivity contribution in [2.24, 2.45) is 5.92 Å². The Morgan fingerprint density at radius 2 is 2.03 bits per heavy atom. The van der Waals surface area contributed by atoms with Crippen LogP contribution < -0.4 is 0 Å². The summed E-state index contributed by atoms with van der Waals surface area (Å²) in [6.45, 7) is 6.42. The third-order valence-electron chi connectivity index (χ3n) is 6.44. The Morgan fingerprint density at radius 3 is 2.73 bits per heavy atom. The van der Waals surface area contributed by atoms with E-state index in [-0.39, 0.29) is 12.0 Å². The molecule has 4 atom stereocenters. The van der Waals surface area contributed by atoms with Crippen molar-refractivity contribution in [1.82, 2.24) is 4.98 Å². The highest BCUT2D eigenvalue weighted by molar-refractivity contribution is 7.92. The van der Waals surface area contributed by atoms with Crippen LogP contribution in [0.5, 0.6) is 0 Å². The molecule has 182 valence electrons. The smallest absolute Gasteiger partial charge is 0.357 e. The Hall–Kier alpha value is -1.83. The van der Waals surface area contributed by atoms with Crippen molar-refractivity contribution in [2.75, 3.05) is 5.75 Å². The van der Waals surface area contributed by atoms with Crippen molar-refractivity contribution in [2.45, 2.75) is 90.1 Å². The van der Waals surface area contributed by atoms with E-state index in [4.69, 9.17) is 9.15 Å². The number of aromatic nitrogens is 1. The van der Waals surface area contributed by atoms with Crippen LogP contribution in [0.15, 0.2) is 28.7 Å². The molecule has 0 saturated heterocycles. The standard InChI is InChI=1S/C26H37NO5S/c1-4-5-6-10-24(26(28)29)33(30)17-20-8-7-9-22(15-20)31-16-23-19(3)32-25(27-23)21-13-11-18(2)12-14-21/h11-14,20,22,24H,4-10,15-17H2,1-3H3,(H,28,29).